The molecule has 16 heavy (non-hydrogen) atoms. The Kier molecular flexibility index (Phi) is 3.56. The van der Waals surface area contributed by atoms with Crippen molar-refractivity contribution in [3.63, 3.8) is 0 Å². The minimum absolute atomic E-state index is 0.0226. The van der Waals surface area contributed by atoms with Crippen LogP contribution in [0.15, 0.2) is 12.3 Å². The number of hydrogen-bond donors (Lipinski definition) is 2. The van der Waals surface area contributed by atoms with Gasteiger partial charge in [-0.15, -0.1) is 0 Å². The highest BCUT2D eigenvalue weighted by atomic mass is 35.5. The van der Waals surface area contributed by atoms with E-state index in [1.54, 1.807) is 24.0 Å². The zero-order chi connectivity index (χ0) is 11.5. The fourth-order valence-corrected chi connectivity index (χ4v) is 2.17. The second-order valence-corrected chi connectivity index (χ2v) is 4.94. The molecule has 1 unspecified atom stereocenters. The molecule has 0 aliphatic carbocycles. The number of carbonyl (C=O) groups excluding carboxylic acids is 1. The number of fused-ring (bicyclic) bond motifs is 1. The zero-order valence-electron chi connectivity index (χ0n) is 8.79. The number of anilines is 2. The molecule has 2 rings (SSSR count). The largest absolute Gasteiger partial charge is 0.357 e. The number of nitrogens with zero attached hydrogens (tertiary/aromatic N) is 1. The second kappa shape index (κ2) is 4.93. The first kappa shape index (κ1) is 11.5. The van der Waals surface area contributed by atoms with Gasteiger partial charge in [0, 0.05) is 6.20 Å². The van der Waals surface area contributed by atoms with Crippen LogP contribution in [-0.2, 0) is 4.79 Å². The SMILES string of the molecule is CSCCC1Nc2ncc(Cl)cc2NC1=O. The number of pyridine rings is 1. The lowest BCUT2D eigenvalue weighted by Crippen LogP contribution is -2.39. The highest BCUT2D eigenvalue weighted by Gasteiger charge is 2.25. The van der Waals surface area contributed by atoms with E-state index < -0.39 is 0 Å². The first-order valence-corrected chi connectivity index (χ1v) is 6.70. The van der Waals surface area contributed by atoms with Crippen molar-refractivity contribution in [1.29, 1.82) is 0 Å². The van der Waals surface area contributed by atoms with Gasteiger partial charge in [0.25, 0.3) is 0 Å². The molecule has 1 aliphatic heterocycles. The predicted octanol–water partition coefficient (Wildman–Crippen LogP) is 2.22. The van der Waals surface area contributed by atoms with Gasteiger partial charge in [-0.2, -0.15) is 11.8 Å². The summed E-state index contributed by atoms with van der Waals surface area (Å²) in [5.41, 5.74) is 0.651. The van der Waals surface area contributed by atoms with Gasteiger partial charge in [0.15, 0.2) is 5.82 Å². The number of carbonyl (C=O) groups is 1. The summed E-state index contributed by atoms with van der Waals surface area (Å²) in [6.45, 7) is 0. The van der Waals surface area contributed by atoms with Crippen LogP contribution in [-0.4, -0.2) is 28.9 Å². The molecular weight excluding hydrogens is 246 g/mol. The van der Waals surface area contributed by atoms with Crippen LogP contribution in [0.4, 0.5) is 11.5 Å². The summed E-state index contributed by atoms with van der Waals surface area (Å²) >= 11 is 7.52. The lowest BCUT2D eigenvalue weighted by Gasteiger charge is -2.25. The van der Waals surface area contributed by atoms with Gasteiger partial charge in [-0.25, -0.2) is 4.98 Å². The van der Waals surface area contributed by atoms with E-state index in [1.165, 1.54) is 0 Å². The van der Waals surface area contributed by atoms with E-state index >= 15 is 0 Å². The predicted molar refractivity (Wildman–Crippen MR) is 68.3 cm³/mol. The van der Waals surface area contributed by atoms with Crippen molar-refractivity contribution >= 4 is 40.8 Å². The van der Waals surface area contributed by atoms with E-state index in [2.05, 4.69) is 15.6 Å². The molecule has 4 nitrogen and oxygen atoms in total. The summed E-state index contributed by atoms with van der Waals surface area (Å²) < 4.78 is 0. The van der Waals surface area contributed by atoms with E-state index in [9.17, 15) is 4.79 Å². The molecule has 1 amide bonds. The fraction of sp³-hybridized carbons (Fsp3) is 0.400. The Morgan fingerprint density at radius 2 is 2.44 bits per heavy atom. The number of amides is 1. The van der Waals surface area contributed by atoms with Crippen LogP contribution in [0.25, 0.3) is 0 Å². The Labute approximate surface area is 103 Å². The Morgan fingerprint density at radius 3 is 3.19 bits per heavy atom. The minimum Gasteiger partial charge on any atom is -0.357 e. The molecular formula is C10H12ClN3OS. The van der Waals surface area contributed by atoms with Crippen molar-refractivity contribution in [2.24, 2.45) is 0 Å². The number of halogens is 1. The standard InChI is InChI=1S/C10H12ClN3OS/c1-16-3-2-7-10(15)14-8-4-6(11)5-12-9(8)13-7/h4-5,7H,2-3H2,1H3,(H,12,13)(H,14,15). The maximum absolute atomic E-state index is 11.7. The van der Waals surface area contributed by atoms with Gasteiger partial charge < -0.3 is 10.6 Å². The maximum Gasteiger partial charge on any atom is 0.247 e. The molecule has 1 aliphatic rings. The van der Waals surface area contributed by atoms with Gasteiger partial charge in [-0.05, 0) is 24.5 Å². The van der Waals surface area contributed by atoms with Crippen LogP contribution in [0.3, 0.4) is 0 Å². The quantitative estimate of drug-likeness (QED) is 0.872. The normalized spacial score (nSPS) is 18.6. The van der Waals surface area contributed by atoms with Crippen LogP contribution >= 0.6 is 23.4 Å². The number of rotatable bonds is 3. The van der Waals surface area contributed by atoms with E-state index in [-0.39, 0.29) is 11.9 Å². The van der Waals surface area contributed by atoms with E-state index in [0.29, 0.717) is 16.5 Å². The Balaban J connectivity index is 2.15. The van der Waals surface area contributed by atoms with E-state index in [1.807, 2.05) is 6.26 Å². The van der Waals surface area contributed by atoms with Gasteiger partial charge in [-0.3, -0.25) is 4.79 Å². The van der Waals surface area contributed by atoms with Crippen LogP contribution in [0, 0.1) is 0 Å². The van der Waals surface area contributed by atoms with Crippen molar-refractivity contribution in [3.05, 3.63) is 17.3 Å². The number of nitrogens with one attached hydrogen (secondary N) is 2. The molecule has 0 saturated carbocycles. The molecule has 0 radical (unpaired) electrons. The van der Waals surface area contributed by atoms with Gasteiger partial charge in [0.2, 0.25) is 5.91 Å². The third-order valence-electron chi connectivity index (χ3n) is 2.35. The van der Waals surface area contributed by atoms with Crippen LogP contribution in [0.2, 0.25) is 5.02 Å². The van der Waals surface area contributed by atoms with Crippen LogP contribution in [0.1, 0.15) is 6.42 Å². The Bertz CT molecular complexity index is 413. The van der Waals surface area contributed by atoms with Gasteiger partial charge >= 0.3 is 0 Å². The monoisotopic (exact) mass is 257 g/mol. The van der Waals surface area contributed by atoms with E-state index in [0.717, 1.165) is 12.2 Å². The molecule has 6 heteroatoms. The first-order valence-electron chi connectivity index (χ1n) is 4.92. The number of aromatic nitrogens is 1. The summed E-state index contributed by atoms with van der Waals surface area (Å²) in [6, 6.07) is 1.49. The van der Waals surface area contributed by atoms with Crippen molar-refractivity contribution in [2.45, 2.75) is 12.5 Å². The molecule has 1 aromatic heterocycles. The molecule has 0 bridgehead atoms. The zero-order valence-corrected chi connectivity index (χ0v) is 10.4. The lowest BCUT2D eigenvalue weighted by atomic mass is 10.1. The topological polar surface area (TPSA) is 54.0 Å². The average Bonchev–Trinajstić information content (AvgIpc) is 2.26. The molecule has 0 aromatic carbocycles. The molecule has 1 atom stereocenters. The third-order valence-corrected chi connectivity index (χ3v) is 3.20. The third kappa shape index (κ3) is 2.41. The summed E-state index contributed by atoms with van der Waals surface area (Å²) in [7, 11) is 0. The second-order valence-electron chi connectivity index (χ2n) is 3.52. The minimum atomic E-state index is -0.200. The molecule has 0 spiro atoms. The molecule has 2 N–H and O–H groups in total. The maximum atomic E-state index is 11.7. The van der Waals surface area contributed by atoms with Crippen molar-refractivity contribution < 1.29 is 4.79 Å². The highest BCUT2D eigenvalue weighted by molar-refractivity contribution is 7.98. The van der Waals surface area contributed by atoms with Gasteiger partial charge in [0.05, 0.1) is 10.7 Å². The Morgan fingerprint density at radius 1 is 1.62 bits per heavy atom. The molecule has 0 saturated heterocycles. The van der Waals surface area contributed by atoms with Gasteiger partial charge in [-0.1, -0.05) is 11.6 Å². The molecule has 1 aromatic rings. The number of hydrogen-bond acceptors (Lipinski definition) is 4. The summed E-state index contributed by atoms with van der Waals surface area (Å²) in [4.78, 5) is 15.9. The van der Waals surface area contributed by atoms with Crippen molar-refractivity contribution in [3.8, 4) is 0 Å². The van der Waals surface area contributed by atoms with Crippen molar-refractivity contribution in [2.75, 3.05) is 22.6 Å². The van der Waals surface area contributed by atoms with Crippen LogP contribution < -0.4 is 10.6 Å². The summed E-state index contributed by atoms with van der Waals surface area (Å²) in [6.07, 6.45) is 4.37. The summed E-state index contributed by atoms with van der Waals surface area (Å²) in [5.74, 6) is 1.61. The smallest absolute Gasteiger partial charge is 0.247 e. The average molecular weight is 258 g/mol. The van der Waals surface area contributed by atoms with Crippen molar-refractivity contribution in [1.82, 2.24) is 4.98 Å². The highest BCUT2D eigenvalue weighted by Crippen LogP contribution is 2.27. The Hall–Kier alpha value is -0.940. The molecule has 86 valence electrons. The first-order chi connectivity index (χ1) is 7.70. The van der Waals surface area contributed by atoms with Crippen LogP contribution in [0.5, 0.6) is 0 Å². The van der Waals surface area contributed by atoms with E-state index in [4.69, 9.17) is 11.6 Å². The number of thioether (sulfide) groups is 1. The van der Waals surface area contributed by atoms with Gasteiger partial charge in [0.1, 0.15) is 6.04 Å². The lowest BCUT2D eigenvalue weighted by molar-refractivity contribution is -0.117. The fourth-order valence-electron chi connectivity index (χ4n) is 1.54. The molecule has 0 fully saturated rings. The summed E-state index contributed by atoms with van der Waals surface area (Å²) in [5, 5.41) is 6.43. The molecule has 2 heterocycles.